The number of hydrogen-bond donors (Lipinski definition) is 4. The van der Waals surface area contributed by atoms with E-state index < -0.39 is 11.6 Å². The fourth-order valence-electron chi connectivity index (χ4n) is 5.72. The average molecular weight is 592 g/mol. The number of H-pyrrole nitrogens is 1. The molecular formula is C30H34ClN7O4. The van der Waals surface area contributed by atoms with Crippen molar-refractivity contribution in [2.75, 3.05) is 33.3 Å². The number of carbonyl (C=O) groups is 2. The van der Waals surface area contributed by atoms with Crippen LogP contribution in [0, 0.1) is 13.8 Å². The Morgan fingerprint density at radius 1 is 1.14 bits per heavy atom. The third-order valence-corrected chi connectivity index (χ3v) is 8.36. The van der Waals surface area contributed by atoms with E-state index in [1.807, 2.05) is 39.1 Å². The van der Waals surface area contributed by atoms with E-state index in [2.05, 4.69) is 25.5 Å². The summed E-state index contributed by atoms with van der Waals surface area (Å²) < 4.78 is 5.81. The normalized spacial score (nSPS) is 20.3. The van der Waals surface area contributed by atoms with Crippen molar-refractivity contribution >= 4 is 46.4 Å². The van der Waals surface area contributed by atoms with Crippen LogP contribution >= 0.6 is 11.6 Å². The first-order valence-electron chi connectivity index (χ1n) is 14.1. The fraction of sp³-hybridized carbons (Fsp3) is 0.400. The highest BCUT2D eigenvalue weighted by Crippen LogP contribution is 2.33. The van der Waals surface area contributed by atoms with E-state index in [9.17, 15) is 14.7 Å². The summed E-state index contributed by atoms with van der Waals surface area (Å²) in [7, 11) is 2.04. The molecule has 4 heterocycles. The topological polar surface area (TPSA) is 135 Å². The van der Waals surface area contributed by atoms with Gasteiger partial charge in [0, 0.05) is 12.6 Å². The van der Waals surface area contributed by atoms with Crippen LogP contribution in [0.5, 0.6) is 5.75 Å². The zero-order chi connectivity index (χ0) is 29.5. The lowest BCUT2D eigenvalue weighted by atomic mass is 10.0. The van der Waals surface area contributed by atoms with Crippen LogP contribution < -0.4 is 15.4 Å². The number of aliphatic hydroxyl groups excluding tert-OH is 1. The van der Waals surface area contributed by atoms with Crippen molar-refractivity contribution in [1.29, 1.82) is 0 Å². The number of piperidine rings is 1. The summed E-state index contributed by atoms with van der Waals surface area (Å²) >= 11 is 6.59. The van der Waals surface area contributed by atoms with Crippen LogP contribution in [0.2, 0.25) is 0 Å². The SMILES string of the molecule is Cc1ccc(OC[C@H](O)CNC2=C(c3nc4cc5c(cc4[nH]3)C(=O)N(C3CCN(C)CC3)C5=O)C(Cl)N=CN2)c(C)c1. The number of likely N-dealkylation sites (tertiary alicyclic amines) is 1. The number of halogens is 1. The Balaban J connectivity index is 1.19. The molecule has 42 heavy (non-hydrogen) atoms. The monoisotopic (exact) mass is 591 g/mol. The number of imidazole rings is 1. The lowest BCUT2D eigenvalue weighted by Crippen LogP contribution is -2.46. The van der Waals surface area contributed by atoms with Crippen molar-refractivity contribution in [3.8, 4) is 5.75 Å². The minimum atomic E-state index is -0.808. The number of carbonyl (C=O) groups excluding carboxylic acids is 2. The number of aliphatic hydroxyl groups is 1. The molecule has 3 aliphatic heterocycles. The Bertz CT molecular complexity index is 1560. The average Bonchev–Trinajstić information content (AvgIpc) is 3.48. The van der Waals surface area contributed by atoms with E-state index in [1.165, 1.54) is 11.2 Å². The number of imide groups is 1. The van der Waals surface area contributed by atoms with Gasteiger partial charge in [0.15, 0.2) is 5.50 Å². The van der Waals surface area contributed by atoms with Gasteiger partial charge in [-0.05, 0) is 70.6 Å². The number of aryl methyl sites for hydroxylation is 2. The second-order valence-corrected chi connectivity index (χ2v) is 11.6. The summed E-state index contributed by atoms with van der Waals surface area (Å²) in [5.41, 5.74) is 3.84. The number of aliphatic imine (C=N–C) groups is 1. The lowest BCUT2D eigenvalue weighted by Gasteiger charge is -2.33. The number of fused-ring (bicyclic) bond motifs is 2. The van der Waals surface area contributed by atoms with Crippen molar-refractivity contribution in [3.63, 3.8) is 0 Å². The molecule has 12 heteroatoms. The maximum absolute atomic E-state index is 13.3. The van der Waals surface area contributed by atoms with Gasteiger partial charge in [0.05, 0.1) is 34.1 Å². The van der Waals surface area contributed by atoms with E-state index >= 15 is 0 Å². The van der Waals surface area contributed by atoms with Crippen molar-refractivity contribution in [2.45, 2.75) is 44.3 Å². The van der Waals surface area contributed by atoms with Gasteiger partial charge < -0.3 is 30.4 Å². The van der Waals surface area contributed by atoms with Gasteiger partial charge >= 0.3 is 0 Å². The molecule has 11 nitrogen and oxygen atoms in total. The molecule has 1 fully saturated rings. The van der Waals surface area contributed by atoms with E-state index in [-0.39, 0.29) is 31.0 Å². The third kappa shape index (κ3) is 5.35. The van der Waals surface area contributed by atoms with E-state index in [4.69, 9.17) is 21.3 Å². The molecule has 0 aliphatic carbocycles. The first kappa shape index (κ1) is 28.2. The Labute approximate surface area is 248 Å². The van der Waals surface area contributed by atoms with E-state index in [0.717, 1.165) is 42.8 Å². The van der Waals surface area contributed by atoms with Crippen LogP contribution in [0.25, 0.3) is 16.6 Å². The number of amides is 2. The first-order valence-corrected chi connectivity index (χ1v) is 14.5. The number of hydrogen-bond acceptors (Lipinski definition) is 9. The molecule has 3 aromatic rings. The van der Waals surface area contributed by atoms with Gasteiger partial charge in [0.25, 0.3) is 11.8 Å². The molecule has 2 aromatic carbocycles. The predicted molar refractivity (Wildman–Crippen MR) is 161 cm³/mol. The molecule has 1 aromatic heterocycles. The maximum atomic E-state index is 13.3. The number of nitrogens with one attached hydrogen (secondary N) is 3. The summed E-state index contributed by atoms with van der Waals surface area (Å²) in [5, 5.41) is 16.8. The molecule has 0 spiro atoms. The zero-order valence-electron chi connectivity index (χ0n) is 23.8. The van der Waals surface area contributed by atoms with Crippen LogP contribution in [0.4, 0.5) is 0 Å². The molecule has 1 unspecified atom stereocenters. The van der Waals surface area contributed by atoms with Gasteiger partial charge in [-0.25, -0.2) is 4.98 Å². The molecule has 4 N–H and O–H groups in total. The van der Waals surface area contributed by atoms with Crippen LogP contribution in [0.15, 0.2) is 41.1 Å². The number of aromatic amines is 1. The third-order valence-electron chi connectivity index (χ3n) is 8.03. The predicted octanol–water partition coefficient (Wildman–Crippen LogP) is 2.76. The summed E-state index contributed by atoms with van der Waals surface area (Å²) in [6, 6.07) is 9.16. The van der Waals surface area contributed by atoms with E-state index in [0.29, 0.717) is 39.4 Å². The van der Waals surface area contributed by atoms with E-state index in [1.54, 1.807) is 12.1 Å². The molecule has 0 saturated carbocycles. The van der Waals surface area contributed by atoms with Gasteiger partial charge in [0.1, 0.15) is 30.1 Å². The molecule has 3 aliphatic rings. The maximum Gasteiger partial charge on any atom is 0.261 e. The highest BCUT2D eigenvalue weighted by molar-refractivity contribution is 6.27. The second kappa shape index (κ2) is 11.4. The van der Waals surface area contributed by atoms with Crippen molar-refractivity contribution in [3.05, 3.63) is 64.2 Å². The Kier molecular flexibility index (Phi) is 7.65. The number of rotatable bonds is 8. The summed E-state index contributed by atoms with van der Waals surface area (Å²) in [6.45, 7) is 5.96. The highest BCUT2D eigenvalue weighted by Gasteiger charge is 2.41. The number of aromatic nitrogens is 2. The Morgan fingerprint density at radius 3 is 2.62 bits per heavy atom. The second-order valence-electron chi connectivity index (χ2n) is 11.2. The van der Waals surface area contributed by atoms with Crippen molar-refractivity contribution in [2.24, 2.45) is 4.99 Å². The van der Waals surface area contributed by atoms with Crippen LogP contribution in [-0.2, 0) is 0 Å². The molecule has 0 bridgehead atoms. The van der Waals surface area contributed by atoms with Crippen molar-refractivity contribution in [1.82, 2.24) is 30.4 Å². The zero-order valence-corrected chi connectivity index (χ0v) is 24.5. The lowest BCUT2D eigenvalue weighted by molar-refractivity contribution is 0.0516. The minimum Gasteiger partial charge on any atom is -0.491 e. The first-order chi connectivity index (χ1) is 20.2. The largest absolute Gasteiger partial charge is 0.491 e. The molecule has 2 atom stereocenters. The van der Waals surface area contributed by atoms with Gasteiger partial charge in [0.2, 0.25) is 0 Å². The molecule has 1 saturated heterocycles. The van der Waals surface area contributed by atoms with Gasteiger partial charge in [-0.1, -0.05) is 29.3 Å². The molecule has 6 rings (SSSR count). The minimum absolute atomic E-state index is 0.0981. The smallest absolute Gasteiger partial charge is 0.261 e. The molecular weight excluding hydrogens is 558 g/mol. The summed E-state index contributed by atoms with van der Waals surface area (Å²) in [6.07, 6.45) is 2.21. The van der Waals surface area contributed by atoms with Gasteiger partial charge in [-0.2, -0.15) is 0 Å². The number of alkyl halides is 1. The standard InChI is InChI=1S/C30H34ClN7O4/c1-16-4-5-24(17(2)10-16)42-14-19(39)13-32-27-25(26(31)33-15-34-27)28-35-22-11-20-21(12-23(22)36-28)30(41)38(29(20)40)18-6-8-37(3)9-7-18/h4-5,10-12,15,18-19,26,32,39H,6-9,13-14H2,1-3H3,(H,33,34)(H,35,36)/t19-,26?/m1/s1. The molecule has 220 valence electrons. The van der Waals surface area contributed by atoms with Crippen molar-refractivity contribution < 1.29 is 19.4 Å². The quantitative estimate of drug-likeness (QED) is 0.178. The van der Waals surface area contributed by atoms with Crippen LogP contribution in [-0.4, -0.2) is 94.0 Å². The van der Waals surface area contributed by atoms with Crippen LogP contribution in [0.3, 0.4) is 0 Å². The Hall–Kier alpha value is -3.93. The fourth-order valence-corrected chi connectivity index (χ4v) is 5.99. The molecule has 2 amide bonds. The summed E-state index contributed by atoms with van der Waals surface area (Å²) in [4.78, 5) is 42.5. The molecule has 0 radical (unpaired) electrons. The highest BCUT2D eigenvalue weighted by atomic mass is 35.5. The van der Waals surface area contributed by atoms with Gasteiger partial charge in [-0.3, -0.25) is 19.5 Å². The number of benzene rings is 2. The Morgan fingerprint density at radius 2 is 1.88 bits per heavy atom. The summed E-state index contributed by atoms with van der Waals surface area (Å²) in [5.74, 6) is 1.16. The number of nitrogens with zero attached hydrogens (tertiary/aromatic N) is 4. The van der Waals surface area contributed by atoms with Gasteiger partial charge in [-0.15, -0.1) is 0 Å². The number of ether oxygens (including phenoxy) is 1. The van der Waals surface area contributed by atoms with Crippen LogP contribution in [0.1, 0.15) is 50.5 Å².